The maximum Gasteiger partial charge on any atom is 0.275 e. The number of halogens is 2. The fraction of sp³-hybridized carbons (Fsp3) is 0.333. The standard InChI is InChI=1S/C27H23F2N7O3/c28-24(29)15-39-23-11-22-21(10-16(23)13-31)32-25(33-22)12-20-18-4-1-2-5-19(18)27(38)36(34-20)14-26(37)35(9-3-8-30)17-6-7-17/h1-2,4-5,10-11,17,24H,3,6-7,9,12,14-15H2,(H,32,33). The van der Waals surface area contributed by atoms with Crippen LogP contribution in [0.4, 0.5) is 8.78 Å². The fourth-order valence-electron chi connectivity index (χ4n) is 4.52. The second-order valence-electron chi connectivity index (χ2n) is 9.22. The third-order valence-electron chi connectivity index (χ3n) is 6.45. The van der Waals surface area contributed by atoms with E-state index in [0.717, 1.165) is 17.5 Å². The molecule has 0 bridgehead atoms. The van der Waals surface area contributed by atoms with Gasteiger partial charge in [-0.3, -0.25) is 9.59 Å². The Balaban J connectivity index is 1.48. The van der Waals surface area contributed by atoms with E-state index in [2.05, 4.69) is 21.1 Å². The predicted molar refractivity (Wildman–Crippen MR) is 136 cm³/mol. The third-order valence-corrected chi connectivity index (χ3v) is 6.45. The molecule has 0 aliphatic heterocycles. The summed E-state index contributed by atoms with van der Waals surface area (Å²) in [5.41, 5.74) is 1.12. The monoisotopic (exact) mass is 531 g/mol. The molecule has 1 aliphatic carbocycles. The van der Waals surface area contributed by atoms with Crippen molar-refractivity contribution in [3.05, 3.63) is 63.8 Å². The first-order chi connectivity index (χ1) is 18.9. The molecule has 2 aromatic carbocycles. The van der Waals surface area contributed by atoms with Crippen molar-refractivity contribution < 1.29 is 18.3 Å². The molecule has 1 N–H and O–H groups in total. The highest BCUT2D eigenvalue weighted by Crippen LogP contribution is 2.28. The minimum atomic E-state index is -2.69. The van der Waals surface area contributed by atoms with Crippen LogP contribution in [0.5, 0.6) is 5.75 Å². The van der Waals surface area contributed by atoms with E-state index in [4.69, 9.17) is 10.00 Å². The zero-order chi connectivity index (χ0) is 27.5. The average Bonchev–Trinajstić information content (AvgIpc) is 3.69. The van der Waals surface area contributed by atoms with Gasteiger partial charge in [-0.05, 0) is 25.0 Å². The number of imidazole rings is 1. The van der Waals surface area contributed by atoms with Crippen LogP contribution in [0.2, 0.25) is 0 Å². The number of hydrogen-bond acceptors (Lipinski definition) is 7. The van der Waals surface area contributed by atoms with E-state index in [0.29, 0.717) is 39.9 Å². The molecule has 2 heterocycles. The Morgan fingerprint density at radius 2 is 2.00 bits per heavy atom. The van der Waals surface area contributed by atoms with E-state index in [1.54, 1.807) is 29.2 Å². The van der Waals surface area contributed by atoms with Gasteiger partial charge < -0.3 is 14.6 Å². The van der Waals surface area contributed by atoms with E-state index < -0.39 is 18.6 Å². The summed E-state index contributed by atoms with van der Waals surface area (Å²) in [6.45, 7) is -0.792. The van der Waals surface area contributed by atoms with Gasteiger partial charge in [0.25, 0.3) is 12.0 Å². The Kier molecular flexibility index (Phi) is 7.19. The van der Waals surface area contributed by atoms with Crippen LogP contribution < -0.4 is 10.3 Å². The zero-order valence-corrected chi connectivity index (χ0v) is 20.7. The van der Waals surface area contributed by atoms with Crippen molar-refractivity contribution in [2.24, 2.45) is 0 Å². The van der Waals surface area contributed by atoms with Crippen molar-refractivity contribution in [3.63, 3.8) is 0 Å². The molecule has 39 heavy (non-hydrogen) atoms. The number of fused-ring (bicyclic) bond motifs is 2. The summed E-state index contributed by atoms with van der Waals surface area (Å²) < 4.78 is 31.5. The molecule has 0 saturated heterocycles. The quantitative estimate of drug-likeness (QED) is 0.331. The number of nitrogens with one attached hydrogen (secondary N) is 1. The number of benzene rings is 2. The number of nitriles is 2. The molecule has 0 atom stereocenters. The Bertz CT molecular complexity index is 1700. The highest BCUT2D eigenvalue weighted by atomic mass is 19.3. The maximum atomic E-state index is 13.2. The van der Waals surface area contributed by atoms with Crippen molar-refractivity contribution in [1.82, 2.24) is 24.6 Å². The highest BCUT2D eigenvalue weighted by Gasteiger charge is 2.32. The smallest absolute Gasteiger partial charge is 0.275 e. The molecule has 0 unspecified atom stereocenters. The van der Waals surface area contributed by atoms with Crippen molar-refractivity contribution >= 4 is 27.7 Å². The predicted octanol–water partition coefficient (Wildman–Crippen LogP) is 3.28. The molecule has 198 valence electrons. The summed E-state index contributed by atoms with van der Waals surface area (Å²) in [6, 6.07) is 13.9. The molecule has 1 aliphatic rings. The molecule has 1 fully saturated rings. The summed E-state index contributed by atoms with van der Waals surface area (Å²) in [5, 5.41) is 23.9. The van der Waals surface area contributed by atoms with E-state index >= 15 is 0 Å². The summed E-state index contributed by atoms with van der Waals surface area (Å²) in [4.78, 5) is 35.6. The number of ether oxygens (including phenoxy) is 1. The Labute approximate surface area is 221 Å². The van der Waals surface area contributed by atoms with Gasteiger partial charge >= 0.3 is 0 Å². The summed E-state index contributed by atoms with van der Waals surface area (Å²) >= 11 is 0. The van der Waals surface area contributed by atoms with Gasteiger partial charge in [-0.25, -0.2) is 18.4 Å². The van der Waals surface area contributed by atoms with Gasteiger partial charge in [0.05, 0.1) is 46.6 Å². The average molecular weight is 532 g/mol. The zero-order valence-electron chi connectivity index (χ0n) is 20.7. The number of rotatable bonds is 10. The Morgan fingerprint density at radius 1 is 1.23 bits per heavy atom. The Morgan fingerprint density at radius 3 is 2.69 bits per heavy atom. The number of alkyl halides is 2. The van der Waals surface area contributed by atoms with Gasteiger partial charge in [0.1, 0.15) is 30.8 Å². The normalized spacial score (nSPS) is 12.9. The van der Waals surface area contributed by atoms with Crippen molar-refractivity contribution in [1.29, 1.82) is 10.5 Å². The number of hydrogen-bond donors (Lipinski definition) is 1. The minimum Gasteiger partial charge on any atom is -0.486 e. The molecule has 1 amide bonds. The summed E-state index contributed by atoms with van der Waals surface area (Å²) in [7, 11) is 0. The first-order valence-electron chi connectivity index (χ1n) is 12.4. The lowest BCUT2D eigenvalue weighted by atomic mass is 10.1. The van der Waals surface area contributed by atoms with Crippen LogP contribution in [-0.4, -0.2) is 56.2 Å². The molecule has 0 spiro atoms. The van der Waals surface area contributed by atoms with Crippen molar-refractivity contribution in [2.45, 2.75) is 44.7 Å². The molecule has 4 aromatic rings. The molecule has 12 heteroatoms. The van der Waals surface area contributed by atoms with Crippen LogP contribution >= 0.6 is 0 Å². The van der Waals surface area contributed by atoms with Crippen LogP contribution in [-0.2, 0) is 17.8 Å². The van der Waals surface area contributed by atoms with E-state index in [-0.39, 0.29) is 42.6 Å². The van der Waals surface area contributed by atoms with Crippen LogP contribution in [0.3, 0.4) is 0 Å². The highest BCUT2D eigenvalue weighted by molar-refractivity contribution is 5.85. The number of aromatic amines is 1. The molecular weight excluding hydrogens is 508 g/mol. The van der Waals surface area contributed by atoms with Gasteiger partial charge in [-0.15, -0.1) is 0 Å². The van der Waals surface area contributed by atoms with Crippen LogP contribution in [0.1, 0.15) is 36.3 Å². The lowest BCUT2D eigenvalue weighted by Crippen LogP contribution is -2.39. The van der Waals surface area contributed by atoms with E-state index in [1.807, 2.05) is 6.07 Å². The molecule has 0 radical (unpaired) electrons. The second-order valence-corrected chi connectivity index (χ2v) is 9.22. The topological polar surface area (TPSA) is 141 Å². The van der Waals surface area contributed by atoms with Gasteiger partial charge in [-0.2, -0.15) is 15.6 Å². The third kappa shape index (κ3) is 5.55. The number of aromatic nitrogens is 4. The number of carbonyl (C=O) groups is 1. The number of carbonyl (C=O) groups excluding carboxylic acids is 1. The number of nitrogens with zero attached hydrogens (tertiary/aromatic N) is 6. The van der Waals surface area contributed by atoms with Crippen molar-refractivity contribution in [3.8, 4) is 17.9 Å². The van der Waals surface area contributed by atoms with Gasteiger partial charge in [0.15, 0.2) is 0 Å². The first kappa shape index (κ1) is 25.8. The summed E-state index contributed by atoms with van der Waals surface area (Å²) in [5.74, 6) is 0.200. The van der Waals surface area contributed by atoms with E-state index in [1.165, 1.54) is 12.1 Å². The maximum absolute atomic E-state index is 13.2. The minimum absolute atomic E-state index is 0.00982. The molecule has 5 rings (SSSR count). The molecule has 10 nitrogen and oxygen atoms in total. The number of H-pyrrole nitrogens is 1. The summed E-state index contributed by atoms with van der Waals surface area (Å²) in [6.07, 6.45) is -0.568. The first-order valence-corrected chi connectivity index (χ1v) is 12.4. The Hall–Kier alpha value is -4.84. The molecule has 1 saturated carbocycles. The van der Waals surface area contributed by atoms with Crippen LogP contribution in [0.15, 0.2) is 41.2 Å². The van der Waals surface area contributed by atoms with Gasteiger partial charge in [-0.1, -0.05) is 18.2 Å². The lowest BCUT2D eigenvalue weighted by molar-refractivity contribution is -0.132. The second kappa shape index (κ2) is 10.9. The van der Waals surface area contributed by atoms with Crippen LogP contribution in [0.25, 0.3) is 21.8 Å². The SMILES string of the molecule is N#CCCN(C(=O)Cn1nc(Cc2nc3cc(OCC(F)F)c(C#N)cc3[nH]2)c2ccccc2c1=O)C1CC1. The van der Waals surface area contributed by atoms with Crippen LogP contribution in [0, 0.1) is 22.7 Å². The van der Waals surface area contributed by atoms with Gasteiger partial charge in [0, 0.05) is 24.0 Å². The lowest BCUT2D eigenvalue weighted by Gasteiger charge is -2.21. The molecular formula is C27H23F2N7O3. The van der Waals surface area contributed by atoms with Crippen molar-refractivity contribution in [2.75, 3.05) is 13.2 Å². The number of amides is 1. The fourth-order valence-corrected chi connectivity index (χ4v) is 4.52. The largest absolute Gasteiger partial charge is 0.486 e. The van der Waals surface area contributed by atoms with Gasteiger partial charge in [0.2, 0.25) is 5.91 Å². The van der Waals surface area contributed by atoms with E-state index in [9.17, 15) is 23.6 Å². The molecule has 2 aromatic heterocycles.